The van der Waals surface area contributed by atoms with E-state index in [4.69, 9.17) is 0 Å². The maximum atomic E-state index is 4.43. The highest BCUT2D eigenvalue weighted by molar-refractivity contribution is 5.14. The minimum atomic E-state index is 0.198. The van der Waals surface area contributed by atoms with Crippen molar-refractivity contribution in [2.45, 2.75) is 46.1 Å². The van der Waals surface area contributed by atoms with Gasteiger partial charge < -0.3 is 5.32 Å². The number of aryl methyl sites for hydroxylation is 1. The molecule has 0 fully saturated rings. The molecule has 0 aliphatic heterocycles. The maximum Gasteiger partial charge on any atom is 0.0416 e. The third-order valence-corrected chi connectivity index (χ3v) is 2.33. The lowest BCUT2D eigenvalue weighted by molar-refractivity contribution is 0.428. The van der Waals surface area contributed by atoms with Crippen LogP contribution in [0.3, 0.4) is 0 Å². The van der Waals surface area contributed by atoms with E-state index in [1.807, 2.05) is 6.20 Å². The number of pyridine rings is 1. The number of nitrogens with zero attached hydrogens (tertiary/aromatic N) is 1. The Kier molecular flexibility index (Phi) is 4.28. The molecule has 0 radical (unpaired) electrons. The summed E-state index contributed by atoms with van der Waals surface area (Å²) in [4.78, 5) is 4.43. The van der Waals surface area contributed by atoms with Gasteiger partial charge in [0, 0.05) is 30.4 Å². The summed E-state index contributed by atoms with van der Waals surface area (Å²) in [6, 6.07) is 4.29. The number of nitrogens with one attached hydrogen (secondary N) is 1. The molecule has 0 aliphatic rings. The van der Waals surface area contributed by atoms with Crippen molar-refractivity contribution in [3.8, 4) is 0 Å². The molecule has 1 aromatic rings. The molecule has 1 N–H and O–H groups in total. The zero-order chi connectivity index (χ0) is 11.3. The van der Waals surface area contributed by atoms with Crippen LogP contribution in [0.2, 0.25) is 0 Å². The molecule has 2 heteroatoms. The van der Waals surface area contributed by atoms with Crippen molar-refractivity contribution in [3.63, 3.8) is 0 Å². The minimum Gasteiger partial charge on any atom is -0.312 e. The van der Waals surface area contributed by atoms with E-state index in [9.17, 15) is 0 Å². The molecule has 2 nitrogen and oxygen atoms in total. The Morgan fingerprint density at radius 1 is 1.27 bits per heavy atom. The molecule has 0 unspecified atom stereocenters. The third kappa shape index (κ3) is 4.93. The Balaban J connectivity index is 2.38. The summed E-state index contributed by atoms with van der Waals surface area (Å²) in [6.45, 7) is 9.68. The van der Waals surface area contributed by atoms with Crippen LogP contribution in [0.1, 0.15) is 39.0 Å². The molecule has 1 heterocycles. The van der Waals surface area contributed by atoms with Crippen LogP contribution in [0.15, 0.2) is 18.3 Å². The fourth-order valence-electron chi connectivity index (χ4n) is 1.38. The van der Waals surface area contributed by atoms with Crippen LogP contribution in [-0.2, 0) is 12.8 Å². The van der Waals surface area contributed by atoms with Crippen LogP contribution in [0.5, 0.6) is 0 Å². The summed E-state index contributed by atoms with van der Waals surface area (Å²) in [5, 5.41) is 3.46. The molecule has 0 spiro atoms. The maximum absolute atomic E-state index is 4.43. The first kappa shape index (κ1) is 12.2. The second kappa shape index (κ2) is 5.26. The van der Waals surface area contributed by atoms with Crippen LogP contribution in [0.4, 0.5) is 0 Å². The molecular formula is C13H22N2. The molecule has 84 valence electrons. The first-order valence-corrected chi connectivity index (χ1v) is 5.70. The van der Waals surface area contributed by atoms with E-state index in [0.717, 1.165) is 19.4 Å². The van der Waals surface area contributed by atoms with E-state index in [2.05, 4.69) is 50.1 Å². The van der Waals surface area contributed by atoms with Gasteiger partial charge in [0.15, 0.2) is 0 Å². The fourth-order valence-corrected chi connectivity index (χ4v) is 1.38. The SMILES string of the molecule is CCc1ccc(CCNC(C)(C)C)nc1. The average Bonchev–Trinajstić information content (AvgIpc) is 2.17. The summed E-state index contributed by atoms with van der Waals surface area (Å²) in [7, 11) is 0. The van der Waals surface area contributed by atoms with Crippen LogP contribution in [-0.4, -0.2) is 17.1 Å². The van der Waals surface area contributed by atoms with Gasteiger partial charge in [-0.05, 0) is 38.8 Å². The van der Waals surface area contributed by atoms with Gasteiger partial charge in [0.1, 0.15) is 0 Å². The van der Waals surface area contributed by atoms with Gasteiger partial charge in [-0.25, -0.2) is 0 Å². The van der Waals surface area contributed by atoms with Gasteiger partial charge in [0.2, 0.25) is 0 Å². The Morgan fingerprint density at radius 2 is 2.00 bits per heavy atom. The van der Waals surface area contributed by atoms with Crippen LogP contribution < -0.4 is 5.32 Å². The van der Waals surface area contributed by atoms with E-state index in [1.54, 1.807) is 0 Å². The highest BCUT2D eigenvalue weighted by Crippen LogP contribution is 2.03. The first-order chi connectivity index (χ1) is 7.01. The van der Waals surface area contributed by atoms with Gasteiger partial charge in [-0.3, -0.25) is 4.98 Å². The Bertz CT molecular complexity index is 282. The number of aromatic nitrogens is 1. The standard InChI is InChI=1S/C13H22N2/c1-5-11-6-7-12(14-10-11)8-9-15-13(2,3)4/h6-7,10,15H,5,8-9H2,1-4H3. The fraction of sp³-hybridized carbons (Fsp3) is 0.615. The van der Waals surface area contributed by atoms with Gasteiger partial charge >= 0.3 is 0 Å². The number of hydrogen-bond acceptors (Lipinski definition) is 2. The highest BCUT2D eigenvalue weighted by atomic mass is 14.9. The zero-order valence-corrected chi connectivity index (χ0v) is 10.3. The minimum absolute atomic E-state index is 0.198. The predicted molar refractivity (Wildman–Crippen MR) is 65.1 cm³/mol. The normalized spacial score (nSPS) is 11.7. The number of rotatable bonds is 4. The summed E-state index contributed by atoms with van der Waals surface area (Å²) in [5.74, 6) is 0. The van der Waals surface area contributed by atoms with Crippen LogP contribution >= 0.6 is 0 Å². The third-order valence-electron chi connectivity index (χ3n) is 2.33. The topological polar surface area (TPSA) is 24.9 Å². The molecule has 0 saturated carbocycles. The lowest BCUT2D eigenvalue weighted by Gasteiger charge is -2.20. The quantitative estimate of drug-likeness (QED) is 0.819. The Hall–Kier alpha value is -0.890. The van der Waals surface area contributed by atoms with Crippen molar-refractivity contribution in [1.29, 1.82) is 0 Å². The average molecular weight is 206 g/mol. The summed E-state index contributed by atoms with van der Waals surface area (Å²) in [6.07, 6.45) is 4.04. The largest absolute Gasteiger partial charge is 0.312 e. The molecule has 0 atom stereocenters. The van der Waals surface area contributed by atoms with Crippen molar-refractivity contribution in [2.24, 2.45) is 0 Å². The molecular weight excluding hydrogens is 184 g/mol. The van der Waals surface area contributed by atoms with Gasteiger partial charge in [-0.2, -0.15) is 0 Å². The smallest absolute Gasteiger partial charge is 0.0416 e. The van der Waals surface area contributed by atoms with Crippen molar-refractivity contribution in [1.82, 2.24) is 10.3 Å². The molecule has 0 bridgehead atoms. The predicted octanol–water partition coefficient (Wildman–Crippen LogP) is 2.57. The molecule has 1 aromatic heterocycles. The van der Waals surface area contributed by atoms with E-state index < -0.39 is 0 Å². The lowest BCUT2D eigenvalue weighted by atomic mass is 10.1. The monoisotopic (exact) mass is 206 g/mol. The van der Waals surface area contributed by atoms with E-state index in [0.29, 0.717) is 0 Å². The summed E-state index contributed by atoms with van der Waals surface area (Å²) >= 11 is 0. The second-order valence-electron chi connectivity index (χ2n) is 4.94. The lowest BCUT2D eigenvalue weighted by Crippen LogP contribution is -2.37. The van der Waals surface area contributed by atoms with Crippen molar-refractivity contribution >= 4 is 0 Å². The molecule has 0 amide bonds. The zero-order valence-electron chi connectivity index (χ0n) is 10.3. The molecule has 1 rings (SSSR count). The first-order valence-electron chi connectivity index (χ1n) is 5.70. The number of hydrogen-bond donors (Lipinski definition) is 1. The van der Waals surface area contributed by atoms with Crippen molar-refractivity contribution in [3.05, 3.63) is 29.6 Å². The van der Waals surface area contributed by atoms with E-state index in [-0.39, 0.29) is 5.54 Å². The van der Waals surface area contributed by atoms with E-state index >= 15 is 0 Å². The van der Waals surface area contributed by atoms with Crippen molar-refractivity contribution in [2.75, 3.05) is 6.54 Å². The Labute approximate surface area is 93.1 Å². The molecule has 15 heavy (non-hydrogen) atoms. The Morgan fingerprint density at radius 3 is 2.47 bits per heavy atom. The molecule has 0 aromatic carbocycles. The molecule has 0 saturated heterocycles. The second-order valence-corrected chi connectivity index (χ2v) is 4.94. The summed E-state index contributed by atoms with van der Waals surface area (Å²) < 4.78 is 0. The van der Waals surface area contributed by atoms with Gasteiger partial charge in [-0.1, -0.05) is 13.0 Å². The van der Waals surface area contributed by atoms with E-state index in [1.165, 1.54) is 11.3 Å². The van der Waals surface area contributed by atoms with Gasteiger partial charge in [0.25, 0.3) is 0 Å². The summed E-state index contributed by atoms with van der Waals surface area (Å²) in [5.41, 5.74) is 2.68. The highest BCUT2D eigenvalue weighted by Gasteiger charge is 2.07. The van der Waals surface area contributed by atoms with Crippen LogP contribution in [0.25, 0.3) is 0 Å². The van der Waals surface area contributed by atoms with Gasteiger partial charge in [-0.15, -0.1) is 0 Å². The van der Waals surface area contributed by atoms with Gasteiger partial charge in [0.05, 0.1) is 0 Å². The van der Waals surface area contributed by atoms with Crippen molar-refractivity contribution < 1.29 is 0 Å². The molecule has 0 aliphatic carbocycles. The van der Waals surface area contributed by atoms with Crippen LogP contribution in [0, 0.1) is 0 Å².